The Morgan fingerprint density at radius 1 is 1.15 bits per heavy atom. The fraction of sp³-hybridized carbons (Fsp3) is 0.846. The maximum Gasteiger partial charge on any atom is 0.334 e. The number of ether oxygens (including phenoxy) is 1. The van der Waals surface area contributed by atoms with Gasteiger partial charge in [0.05, 0.1) is 12.0 Å². The number of carbonyl (C=O) groups is 2. The second kappa shape index (κ2) is 6.07. The van der Waals surface area contributed by atoms with Gasteiger partial charge in [-0.3, -0.25) is 4.79 Å². The van der Waals surface area contributed by atoms with E-state index < -0.39 is 18.0 Å². The Labute approximate surface area is 118 Å². The van der Waals surface area contributed by atoms with Crippen LogP contribution in [-0.2, 0) is 14.3 Å². The van der Waals surface area contributed by atoms with Crippen molar-refractivity contribution in [2.45, 2.75) is 31.1 Å². The van der Waals surface area contributed by atoms with Crippen LogP contribution in [0.15, 0.2) is 0 Å². The first-order valence-corrected chi connectivity index (χ1v) is 6.88. The second-order valence-corrected chi connectivity index (χ2v) is 5.83. The normalized spacial score (nSPS) is 36.7. The van der Waals surface area contributed by atoms with Crippen molar-refractivity contribution < 1.29 is 24.5 Å². The summed E-state index contributed by atoms with van der Waals surface area (Å²) in [5.41, 5.74) is 0. The molecule has 7 heteroatoms. The molecule has 114 valence electrons. The topological polar surface area (TPSA) is 90.3 Å². The molecule has 0 aromatic carbocycles. The molecule has 2 aliphatic rings. The average molecular weight is 286 g/mol. The van der Waals surface area contributed by atoms with E-state index in [9.17, 15) is 9.59 Å². The highest BCUT2D eigenvalue weighted by Gasteiger charge is 2.40. The van der Waals surface area contributed by atoms with Crippen LogP contribution in [0.2, 0.25) is 0 Å². The minimum Gasteiger partial charge on any atom is -0.481 e. The van der Waals surface area contributed by atoms with Crippen LogP contribution in [0.1, 0.15) is 12.8 Å². The van der Waals surface area contributed by atoms with Crippen LogP contribution in [0.3, 0.4) is 0 Å². The van der Waals surface area contributed by atoms with Crippen LogP contribution in [0, 0.1) is 5.92 Å². The summed E-state index contributed by atoms with van der Waals surface area (Å²) < 4.78 is 5.68. The molecule has 2 aliphatic heterocycles. The third-order valence-corrected chi connectivity index (χ3v) is 4.28. The largest absolute Gasteiger partial charge is 0.481 e. The van der Waals surface area contributed by atoms with Gasteiger partial charge in [-0.15, -0.1) is 0 Å². The average Bonchev–Trinajstić information content (AvgIpc) is 2.38. The predicted molar refractivity (Wildman–Crippen MR) is 70.6 cm³/mol. The van der Waals surface area contributed by atoms with Crippen LogP contribution in [0.5, 0.6) is 0 Å². The zero-order valence-corrected chi connectivity index (χ0v) is 11.9. The molecule has 2 heterocycles. The molecule has 0 aromatic rings. The van der Waals surface area contributed by atoms with Crippen molar-refractivity contribution in [3.05, 3.63) is 0 Å². The first-order valence-electron chi connectivity index (χ1n) is 6.88. The number of piperidine rings is 1. The Morgan fingerprint density at radius 3 is 2.45 bits per heavy atom. The minimum absolute atomic E-state index is 0.0468. The molecule has 0 spiro atoms. The highest BCUT2D eigenvalue weighted by Crippen LogP contribution is 2.27. The number of hydrogen-bond donors (Lipinski definition) is 2. The van der Waals surface area contributed by atoms with Gasteiger partial charge < -0.3 is 24.7 Å². The first-order chi connectivity index (χ1) is 9.38. The van der Waals surface area contributed by atoms with E-state index in [-0.39, 0.29) is 18.1 Å². The van der Waals surface area contributed by atoms with Crippen LogP contribution in [-0.4, -0.2) is 83.9 Å². The summed E-state index contributed by atoms with van der Waals surface area (Å²) in [6.07, 6.45) is 0.0450. The predicted octanol–water partition coefficient (Wildman–Crippen LogP) is -0.435. The first kappa shape index (κ1) is 15.2. The smallest absolute Gasteiger partial charge is 0.334 e. The van der Waals surface area contributed by atoms with Crippen LogP contribution in [0.25, 0.3) is 0 Å². The molecule has 20 heavy (non-hydrogen) atoms. The highest BCUT2D eigenvalue weighted by atomic mass is 16.5. The van der Waals surface area contributed by atoms with Crippen molar-refractivity contribution in [2.24, 2.45) is 5.92 Å². The third kappa shape index (κ3) is 3.28. The van der Waals surface area contributed by atoms with Gasteiger partial charge in [0.2, 0.25) is 0 Å². The van der Waals surface area contributed by atoms with E-state index in [1.807, 2.05) is 19.0 Å². The SMILES string of the molecule is CN1CC(C(=O)O)OC(C2CC(C(=O)O)CCN2C)C1. The number of carboxylic acid groups (broad SMARTS) is 2. The summed E-state index contributed by atoms with van der Waals surface area (Å²) in [6, 6.07) is -0.0468. The third-order valence-electron chi connectivity index (χ3n) is 4.28. The molecule has 0 aliphatic carbocycles. The van der Waals surface area contributed by atoms with Gasteiger partial charge >= 0.3 is 11.9 Å². The van der Waals surface area contributed by atoms with E-state index in [4.69, 9.17) is 14.9 Å². The van der Waals surface area contributed by atoms with Gasteiger partial charge in [0, 0.05) is 19.1 Å². The number of nitrogens with zero attached hydrogens (tertiary/aromatic N) is 2. The summed E-state index contributed by atoms with van der Waals surface area (Å²) in [6.45, 7) is 1.69. The van der Waals surface area contributed by atoms with Crippen molar-refractivity contribution in [3.8, 4) is 0 Å². The fourth-order valence-electron chi connectivity index (χ4n) is 3.09. The lowest BCUT2D eigenvalue weighted by Gasteiger charge is -2.44. The van der Waals surface area contributed by atoms with Gasteiger partial charge in [-0.05, 0) is 33.5 Å². The number of likely N-dealkylation sites (N-methyl/N-ethyl adjacent to an activating group) is 2. The Bertz CT molecular complexity index is 389. The van der Waals surface area contributed by atoms with Gasteiger partial charge in [0.1, 0.15) is 0 Å². The quantitative estimate of drug-likeness (QED) is 0.727. The van der Waals surface area contributed by atoms with E-state index in [1.54, 1.807) is 0 Å². The number of rotatable bonds is 3. The number of morpholine rings is 1. The maximum absolute atomic E-state index is 11.2. The number of likely N-dealkylation sites (tertiary alicyclic amines) is 1. The zero-order valence-electron chi connectivity index (χ0n) is 11.9. The van der Waals surface area contributed by atoms with Gasteiger partial charge in [-0.25, -0.2) is 4.79 Å². The minimum atomic E-state index is -0.963. The Morgan fingerprint density at radius 2 is 1.85 bits per heavy atom. The summed E-state index contributed by atoms with van der Waals surface area (Å²) in [5.74, 6) is -2.10. The molecule has 0 bridgehead atoms. The van der Waals surface area contributed by atoms with Gasteiger partial charge in [-0.2, -0.15) is 0 Å². The van der Waals surface area contributed by atoms with Crippen LogP contribution < -0.4 is 0 Å². The van der Waals surface area contributed by atoms with E-state index >= 15 is 0 Å². The van der Waals surface area contributed by atoms with Crippen LogP contribution in [0.4, 0.5) is 0 Å². The van der Waals surface area contributed by atoms with Crippen molar-refractivity contribution in [1.29, 1.82) is 0 Å². The Kier molecular flexibility index (Phi) is 4.62. The van der Waals surface area contributed by atoms with Gasteiger partial charge in [-0.1, -0.05) is 0 Å². The molecule has 0 saturated carbocycles. The molecule has 4 unspecified atom stereocenters. The summed E-state index contributed by atoms with van der Waals surface area (Å²) in [7, 11) is 3.81. The number of hydrogen-bond acceptors (Lipinski definition) is 5. The molecule has 2 saturated heterocycles. The lowest BCUT2D eigenvalue weighted by molar-refractivity contribution is -0.171. The molecule has 2 rings (SSSR count). The molecule has 0 amide bonds. The Balaban J connectivity index is 2.07. The lowest BCUT2D eigenvalue weighted by atomic mass is 9.88. The molecule has 7 nitrogen and oxygen atoms in total. The summed E-state index contributed by atoms with van der Waals surface area (Å²) >= 11 is 0. The van der Waals surface area contributed by atoms with Gasteiger partial charge in [0.15, 0.2) is 6.10 Å². The fourth-order valence-corrected chi connectivity index (χ4v) is 3.09. The van der Waals surface area contributed by atoms with Crippen molar-refractivity contribution >= 4 is 11.9 Å². The van der Waals surface area contributed by atoms with E-state index in [0.717, 1.165) is 0 Å². The van der Waals surface area contributed by atoms with Gasteiger partial charge in [0.25, 0.3) is 0 Å². The summed E-state index contributed by atoms with van der Waals surface area (Å²) in [5, 5.41) is 18.3. The molecular formula is C13H22N2O5. The van der Waals surface area contributed by atoms with E-state index in [0.29, 0.717) is 32.5 Å². The van der Waals surface area contributed by atoms with Crippen molar-refractivity contribution in [2.75, 3.05) is 33.7 Å². The monoisotopic (exact) mass is 286 g/mol. The number of carboxylic acids is 2. The molecule has 0 radical (unpaired) electrons. The maximum atomic E-state index is 11.2. The standard InChI is InChI=1S/C13H22N2O5/c1-14-6-10(20-11(7-14)13(18)19)9-5-8(12(16)17)3-4-15(9)2/h8-11H,3-7H2,1-2H3,(H,16,17)(H,18,19). The molecule has 4 atom stereocenters. The number of aliphatic carboxylic acids is 2. The van der Waals surface area contributed by atoms with E-state index in [1.165, 1.54) is 0 Å². The van der Waals surface area contributed by atoms with Crippen molar-refractivity contribution in [1.82, 2.24) is 9.80 Å². The van der Waals surface area contributed by atoms with Crippen molar-refractivity contribution in [3.63, 3.8) is 0 Å². The molecular weight excluding hydrogens is 264 g/mol. The lowest BCUT2D eigenvalue weighted by Crippen LogP contribution is -2.58. The zero-order chi connectivity index (χ0) is 14.9. The second-order valence-electron chi connectivity index (χ2n) is 5.83. The van der Waals surface area contributed by atoms with Crippen LogP contribution >= 0.6 is 0 Å². The Hall–Kier alpha value is -1.18. The summed E-state index contributed by atoms with van der Waals surface area (Å²) in [4.78, 5) is 26.3. The molecule has 2 N–H and O–H groups in total. The molecule has 2 fully saturated rings. The highest BCUT2D eigenvalue weighted by molar-refractivity contribution is 5.72. The van der Waals surface area contributed by atoms with E-state index in [2.05, 4.69) is 4.90 Å². The molecule has 0 aromatic heterocycles.